The maximum Gasteiger partial charge on any atom is 0.162 e. The Bertz CT molecular complexity index is 421. The molecule has 16 heavy (non-hydrogen) atoms. The van der Waals surface area contributed by atoms with E-state index in [9.17, 15) is 9.18 Å². The number of nitrogens with two attached hydrogens (primary N) is 1. The number of carbonyl (C=O) groups excluding carboxylic acids is 1. The molecule has 0 spiro atoms. The van der Waals surface area contributed by atoms with Crippen molar-refractivity contribution >= 4 is 12.0 Å². The second kappa shape index (κ2) is 5.80. The summed E-state index contributed by atoms with van der Waals surface area (Å²) in [5.41, 5.74) is 6.49. The topological polar surface area (TPSA) is 55.5 Å². The van der Waals surface area contributed by atoms with Gasteiger partial charge >= 0.3 is 0 Å². The van der Waals surface area contributed by atoms with E-state index in [0.717, 1.165) is 5.56 Å². The molecule has 4 heteroatoms. The molecule has 1 aromatic carbocycles. The van der Waals surface area contributed by atoms with Gasteiger partial charge in [0.25, 0.3) is 0 Å². The van der Waals surface area contributed by atoms with Gasteiger partial charge in [0.2, 0.25) is 0 Å². The molecule has 3 nitrogen and oxygen atoms in total. The van der Waals surface area contributed by atoms with Crippen molar-refractivity contribution in [3.8, 4) is 0 Å². The van der Waals surface area contributed by atoms with Crippen LogP contribution >= 0.6 is 0 Å². The Balaban J connectivity index is 2.61. The zero-order valence-electron chi connectivity index (χ0n) is 8.98. The minimum absolute atomic E-state index is 0.134. The predicted molar refractivity (Wildman–Crippen MR) is 61.5 cm³/mol. The first kappa shape index (κ1) is 12.1. The van der Waals surface area contributed by atoms with Gasteiger partial charge in [-0.2, -0.15) is 0 Å². The molecule has 0 atom stereocenters. The number of halogens is 1. The smallest absolute Gasteiger partial charge is 0.162 e. The molecule has 1 rings (SSSR count). The predicted octanol–water partition coefficient (Wildman–Crippen LogP) is 1.83. The van der Waals surface area contributed by atoms with Gasteiger partial charge in [-0.15, -0.1) is 0 Å². The zero-order chi connectivity index (χ0) is 12.0. The quantitative estimate of drug-likeness (QED) is 0.621. The molecule has 0 aliphatic carbocycles. The number of allylic oxidation sites excluding steroid dienone is 1. The van der Waals surface area contributed by atoms with E-state index < -0.39 is 0 Å². The largest absolute Gasteiger partial charge is 0.404 e. The van der Waals surface area contributed by atoms with Crippen molar-refractivity contribution in [2.75, 3.05) is 0 Å². The highest BCUT2D eigenvalue weighted by molar-refractivity contribution is 6.11. The lowest BCUT2D eigenvalue weighted by atomic mass is 10.2. The third kappa shape index (κ3) is 3.65. The Morgan fingerprint density at radius 3 is 2.56 bits per heavy atom. The molecule has 2 N–H and O–H groups in total. The second-order valence-corrected chi connectivity index (χ2v) is 3.27. The van der Waals surface area contributed by atoms with E-state index in [1.165, 1.54) is 31.5 Å². The Hall–Kier alpha value is -1.97. The summed E-state index contributed by atoms with van der Waals surface area (Å²) < 4.78 is 12.6. The van der Waals surface area contributed by atoms with E-state index in [0.29, 0.717) is 12.1 Å². The van der Waals surface area contributed by atoms with E-state index >= 15 is 0 Å². The maximum atomic E-state index is 12.6. The fourth-order valence-electron chi connectivity index (χ4n) is 1.09. The van der Waals surface area contributed by atoms with Crippen molar-refractivity contribution in [3.05, 3.63) is 47.4 Å². The first-order chi connectivity index (χ1) is 7.63. The van der Waals surface area contributed by atoms with Crippen LogP contribution in [0.1, 0.15) is 12.5 Å². The lowest BCUT2D eigenvalue weighted by Crippen LogP contribution is -2.01. The summed E-state index contributed by atoms with van der Waals surface area (Å²) in [6.07, 6.45) is 2.64. The second-order valence-electron chi connectivity index (χ2n) is 3.27. The van der Waals surface area contributed by atoms with E-state index in [2.05, 4.69) is 4.99 Å². The number of rotatable bonds is 4. The molecule has 0 heterocycles. The molecule has 0 bridgehead atoms. The summed E-state index contributed by atoms with van der Waals surface area (Å²) in [6, 6.07) is 6.03. The van der Waals surface area contributed by atoms with Crippen LogP contribution < -0.4 is 5.73 Å². The third-order valence-electron chi connectivity index (χ3n) is 2.00. The molecular weight excluding hydrogens is 207 g/mol. The molecule has 0 aliphatic rings. The first-order valence-electron chi connectivity index (χ1n) is 4.80. The van der Waals surface area contributed by atoms with E-state index in [4.69, 9.17) is 5.73 Å². The van der Waals surface area contributed by atoms with Crippen LogP contribution in [-0.4, -0.2) is 12.0 Å². The molecule has 0 radical (unpaired) electrons. The Labute approximate surface area is 93.5 Å². The summed E-state index contributed by atoms with van der Waals surface area (Å²) >= 11 is 0. The average Bonchev–Trinajstić information content (AvgIpc) is 2.26. The number of benzene rings is 1. The van der Waals surface area contributed by atoms with Gasteiger partial charge in [0.15, 0.2) is 5.78 Å². The average molecular weight is 220 g/mol. The summed E-state index contributed by atoms with van der Waals surface area (Å²) in [6.45, 7) is 1.81. The number of hydrogen-bond acceptors (Lipinski definition) is 3. The number of nitrogens with zero attached hydrogens (tertiary/aromatic N) is 1. The molecular formula is C12H13FN2O. The van der Waals surface area contributed by atoms with Gasteiger partial charge in [-0.1, -0.05) is 12.1 Å². The molecule has 0 fully saturated rings. The molecule has 84 valence electrons. The van der Waals surface area contributed by atoms with Crippen molar-refractivity contribution in [2.45, 2.75) is 13.5 Å². The monoisotopic (exact) mass is 220 g/mol. The fourth-order valence-corrected chi connectivity index (χ4v) is 1.09. The summed E-state index contributed by atoms with van der Waals surface area (Å²) in [5.74, 6) is -0.413. The normalized spacial score (nSPS) is 12.0. The molecule has 0 aliphatic heterocycles. The third-order valence-corrected chi connectivity index (χ3v) is 2.00. The SMILES string of the molecule is CC(=O)C(C=NCc1ccc(F)cc1)=CN. The minimum atomic E-state index is -0.279. The van der Waals surface area contributed by atoms with Crippen LogP contribution in [0, 0.1) is 5.82 Å². The standard InChI is InChI=1S/C12H13FN2O/c1-9(16)11(6-14)8-15-7-10-2-4-12(13)5-3-10/h2-6,8H,7,14H2,1H3. The summed E-state index contributed by atoms with van der Waals surface area (Å²) in [7, 11) is 0. The lowest BCUT2D eigenvalue weighted by molar-refractivity contribution is -0.113. The van der Waals surface area contributed by atoms with Crippen LogP contribution in [0.3, 0.4) is 0 Å². The van der Waals surface area contributed by atoms with Gasteiger partial charge in [0.1, 0.15) is 5.82 Å². The van der Waals surface area contributed by atoms with Crippen molar-refractivity contribution in [3.63, 3.8) is 0 Å². The van der Waals surface area contributed by atoms with Crippen molar-refractivity contribution in [2.24, 2.45) is 10.7 Å². The Morgan fingerprint density at radius 1 is 1.44 bits per heavy atom. The van der Waals surface area contributed by atoms with Gasteiger partial charge in [0, 0.05) is 12.4 Å². The van der Waals surface area contributed by atoms with E-state index in [-0.39, 0.29) is 11.6 Å². The van der Waals surface area contributed by atoms with Gasteiger partial charge in [-0.05, 0) is 24.6 Å². The number of hydrogen-bond donors (Lipinski definition) is 1. The first-order valence-corrected chi connectivity index (χ1v) is 4.80. The zero-order valence-corrected chi connectivity index (χ0v) is 8.98. The van der Waals surface area contributed by atoms with E-state index in [1.54, 1.807) is 12.1 Å². The van der Waals surface area contributed by atoms with Crippen molar-refractivity contribution in [1.29, 1.82) is 0 Å². The van der Waals surface area contributed by atoms with Crippen LogP contribution in [0.25, 0.3) is 0 Å². The number of ketones is 1. The van der Waals surface area contributed by atoms with Gasteiger partial charge in [-0.25, -0.2) is 4.39 Å². The summed E-state index contributed by atoms with van der Waals surface area (Å²) in [4.78, 5) is 15.0. The van der Waals surface area contributed by atoms with Gasteiger partial charge < -0.3 is 5.73 Å². The molecule has 0 saturated heterocycles. The molecule has 1 aromatic rings. The number of carbonyl (C=O) groups is 1. The molecule has 0 saturated carbocycles. The maximum absolute atomic E-state index is 12.6. The van der Waals surface area contributed by atoms with Crippen LogP contribution in [-0.2, 0) is 11.3 Å². The van der Waals surface area contributed by atoms with Gasteiger partial charge in [-0.3, -0.25) is 9.79 Å². The van der Waals surface area contributed by atoms with E-state index in [1.807, 2.05) is 0 Å². The summed E-state index contributed by atoms with van der Waals surface area (Å²) in [5, 5.41) is 0. The molecule has 0 unspecified atom stereocenters. The van der Waals surface area contributed by atoms with Crippen LogP contribution in [0.2, 0.25) is 0 Å². The number of aliphatic imine (C=N–C) groups is 1. The molecule has 0 aromatic heterocycles. The Morgan fingerprint density at radius 2 is 2.06 bits per heavy atom. The van der Waals surface area contributed by atoms with Gasteiger partial charge in [0.05, 0.1) is 12.1 Å². The molecule has 0 amide bonds. The van der Waals surface area contributed by atoms with Crippen molar-refractivity contribution < 1.29 is 9.18 Å². The fraction of sp³-hybridized carbons (Fsp3) is 0.167. The lowest BCUT2D eigenvalue weighted by Gasteiger charge is -1.96. The minimum Gasteiger partial charge on any atom is -0.404 e. The number of Topliss-reactive ketones (excluding diaryl/α,β-unsaturated/α-hetero) is 1. The highest BCUT2D eigenvalue weighted by Gasteiger charge is 1.98. The Kier molecular flexibility index (Phi) is 4.39. The highest BCUT2D eigenvalue weighted by Crippen LogP contribution is 2.04. The van der Waals surface area contributed by atoms with Crippen LogP contribution in [0.4, 0.5) is 4.39 Å². The van der Waals surface area contributed by atoms with Crippen LogP contribution in [0.5, 0.6) is 0 Å². The highest BCUT2D eigenvalue weighted by atomic mass is 19.1. The van der Waals surface area contributed by atoms with Crippen LogP contribution in [0.15, 0.2) is 41.0 Å². The van der Waals surface area contributed by atoms with Crippen molar-refractivity contribution in [1.82, 2.24) is 0 Å².